The first-order valence-corrected chi connectivity index (χ1v) is 7.34. The number of nitrogens with one attached hydrogen (secondary N) is 2. The van der Waals surface area contributed by atoms with Crippen LogP contribution in [0.4, 0.5) is 0 Å². The summed E-state index contributed by atoms with van der Waals surface area (Å²) in [6.07, 6.45) is 4.82. The Labute approximate surface area is 146 Å². The second-order valence-electron chi connectivity index (χ2n) is 5.25. The molecule has 6 heteroatoms. The Morgan fingerprint density at radius 3 is 2.38 bits per heavy atom. The molecule has 5 nitrogen and oxygen atoms in total. The van der Waals surface area contributed by atoms with Crippen LogP contribution in [-0.2, 0) is 4.79 Å². The average Bonchev–Trinajstić information content (AvgIpc) is 2.39. The Balaban J connectivity index is 0. The first-order chi connectivity index (χ1) is 9.47. The van der Waals surface area contributed by atoms with Gasteiger partial charge in [-0.25, -0.2) is 4.99 Å². The van der Waals surface area contributed by atoms with E-state index in [0.29, 0.717) is 12.5 Å². The summed E-state index contributed by atoms with van der Waals surface area (Å²) in [5.41, 5.74) is 1.03. The van der Waals surface area contributed by atoms with Crippen molar-refractivity contribution in [1.82, 2.24) is 15.5 Å². The Morgan fingerprint density at radius 1 is 1.19 bits per heavy atom. The summed E-state index contributed by atoms with van der Waals surface area (Å²) >= 11 is 0. The number of aliphatic imine (C=N–C) groups is 1. The lowest BCUT2D eigenvalue weighted by atomic mass is 10.2. The Morgan fingerprint density at radius 2 is 1.86 bits per heavy atom. The first-order valence-electron chi connectivity index (χ1n) is 7.34. The Kier molecular flexibility index (Phi) is 15.2. The van der Waals surface area contributed by atoms with Crippen LogP contribution in [0, 0.1) is 0 Å². The van der Waals surface area contributed by atoms with Gasteiger partial charge in [-0.1, -0.05) is 38.3 Å². The highest BCUT2D eigenvalue weighted by Gasteiger charge is 2.04. The van der Waals surface area contributed by atoms with Gasteiger partial charge >= 0.3 is 0 Å². The summed E-state index contributed by atoms with van der Waals surface area (Å²) in [5, 5.41) is 6.43. The zero-order valence-electron chi connectivity index (χ0n) is 13.9. The summed E-state index contributed by atoms with van der Waals surface area (Å²) < 4.78 is 0. The highest BCUT2D eigenvalue weighted by molar-refractivity contribution is 14.0. The van der Waals surface area contributed by atoms with Crippen LogP contribution in [0.3, 0.4) is 0 Å². The van der Waals surface area contributed by atoms with Crippen molar-refractivity contribution in [3.05, 3.63) is 12.2 Å². The fraction of sp³-hybridized carbons (Fsp3) is 0.733. The number of nitrogens with zero attached hydrogens (tertiary/aromatic N) is 2. The van der Waals surface area contributed by atoms with E-state index in [4.69, 9.17) is 0 Å². The van der Waals surface area contributed by atoms with Crippen LogP contribution in [-0.4, -0.2) is 50.5 Å². The largest absolute Gasteiger partial charge is 0.356 e. The number of guanidine groups is 1. The van der Waals surface area contributed by atoms with E-state index in [1.165, 1.54) is 19.3 Å². The van der Waals surface area contributed by atoms with Gasteiger partial charge in [-0.05, 0) is 13.3 Å². The Bertz CT molecular complexity index is 330. The number of rotatable bonds is 9. The molecule has 0 bridgehead atoms. The molecule has 0 aromatic carbocycles. The summed E-state index contributed by atoms with van der Waals surface area (Å²) in [5.74, 6) is 0.673. The standard InChI is InChI=1S/C15H30N4O.HI/c1-6-7-8-9-10-16-15(17-11-13(2)3)18-12-14(20)19(4)5;/h2,6-12H2,1,3-5H3,(H2,16,17,18);1H. The lowest BCUT2D eigenvalue weighted by Crippen LogP contribution is -2.39. The van der Waals surface area contributed by atoms with Gasteiger partial charge in [0.1, 0.15) is 6.54 Å². The van der Waals surface area contributed by atoms with Gasteiger partial charge in [-0.3, -0.25) is 4.79 Å². The molecule has 0 heterocycles. The van der Waals surface area contributed by atoms with Gasteiger partial charge in [0.2, 0.25) is 5.91 Å². The van der Waals surface area contributed by atoms with Crippen LogP contribution in [0.25, 0.3) is 0 Å². The summed E-state index contributed by atoms with van der Waals surface area (Å²) in [6, 6.07) is 0. The van der Waals surface area contributed by atoms with Crippen molar-refractivity contribution in [2.75, 3.05) is 33.7 Å². The number of hydrogen-bond acceptors (Lipinski definition) is 2. The summed E-state index contributed by atoms with van der Waals surface area (Å²) in [7, 11) is 3.47. The normalized spacial score (nSPS) is 10.6. The van der Waals surface area contributed by atoms with Crippen molar-refractivity contribution in [3.8, 4) is 0 Å². The molecule has 21 heavy (non-hydrogen) atoms. The van der Waals surface area contributed by atoms with Crippen molar-refractivity contribution in [2.45, 2.75) is 39.5 Å². The second-order valence-corrected chi connectivity index (χ2v) is 5.25. The predicted octanol–water partition coefficient (Wildman–Crippen LogP) is 2.38. The molecule has 0 aliphatic rings. The molecule has 0 saturated heterocycles. The highest BCUT2D eigenvalue weighted by atomic mass is 127. The van der Waals surface area contributed by atoms with Crippen LogP contribution in [0.15, 0.2) is 17.1 Å². The molecule has 124 valence electrons. The smallest absolute Gasteiger partial charge is 0.243 e. The minimum atomic E-state index is -0.00703. The minimum absolute atomic E-state index is 0. The van der Waals surface area contributed by atoms with Crippen LogP contribution in [0.2, 0.25) is 0 Å². The van der Waals surface area contributed by atoms with E-state index in [1.807, 2.05) is 6.92 Å². The van der Waals surface area contributed by atoms with Gasteiger partial charge in [0.25, 0.3) is 0 Å². The van der Waals surface area contributed by atoms with E-state index >= 15 is 0 Å². The predicted molar refractivity (Wildman–Crippen MR) is 101 cm³/mol. The lowest BCUT2D eigenvalue weighted by Gasteiger charge is -2.13. The van der Waals surface area contributed by atoms with Crippen molar-refractivity contribution in [1.29, 1.82) is 0 Å². The topological polar surface area (TPSA) is 56.7 Å². The number of carbonyl (C=O) groups is 1. The van der Waals surface area contributed by atoms with E-state index in [9.17, 15) is 4.79 Å². The van der Waals surface area contributed by atoms with Gasteiger partial charge in [0, 0.05) is 27.2 Å². The number of halogens is 1. The van der Waals surface area contributed by atoms with E-state index in [-0.39, 0.29) is 36.4 Å². The molecule has 0 unspecified atom stereocenters. The fourth-order valence-electron chi connectivity index (χ4n) is 1.46. The third kappa shape index (κ3) is 13.9. The van der Waals surface area contributed by atoms with Gasteiger partial charge in [0.15, 0.2) is 5.96 Å². The number of amides is 1. The molecule has 0 aromatic heterocycles. The fourth-order valence-corrected chi connectivity index (χ4v) is 1.46. The van der Waals surface area contributed by atoms with Crippen LogP contribution < -0.4 is 10.6 Å². The van der Waals surface area contributed by atoms with E-state index in [2.05, 4.69) is 29.1 Å². The summed E-state index contributed by atoms with van der Waals surface area (Å²) in [4.78, 5) is 17.4. The van der Waals surface area contributed by atoms with Crippen LogP contribution in [0.5, 0.6) is 0 Å². The van der Waals surface area contributed by atoms with Gasteiger partial charge in [-0.2, -0.15) is 0 Å². The third-order valence-corrected chi connectivity index (χ3v) is 2.75. The molecule has 2 N–H and O–H groups in total. The Hall–Kier alpha value is -0.790. The van der Waals surface area contributed by atoms with Crippen molar-refractivity contribution in [3.63, 3.8) is 0 Å². The molecular weight excluding hydrogens is 379 g/mol. The first kappa shape index (κ1) is 22.5. The molecular formula is C15H31IN4O. The molecule has 1 amide bonds. The monoisotopic (exact) mass is 410 g/mol. The van der Waals surface area contributed by atoms with Gasteiger partial charge < -0.3 is 15.5 Å². The van der Waals surface area contributed by atoms with E-state index < -0.39 is 0 Å². The average molecular weight is 410 g/mol. The number of carbonyl (C=O) groups excluding carboxylic acids is 1. The molecule has 0 atom stereocenters. The maximum absolute atomic E-state index is 11.5. The molecule has 0 aromatic rings. The highest BCUT2D eigenvalue weighted by Crippen LogP contribution is 1.97. The molecule has 0 fully saturated rings. The van der Waals surface area contributed by atoms with Gasteiger partial charge in [0.05, 0.1) is 0 Å². The second kappa shape index (κ2) is 14.2. The maximum Gasteiger partial charge on any atom is 0.243 e. The molecule has 0 spiro atoms. The summed E-state index contributed by atoms with van der Waals surface area (Å²) in [6.45, 7) is 9.70. The molecule has 0 radical (unpaired) electrons. The SMILES string of the molecule is C=C(C)CNC(=NCC(=O)N(C)C)NCCCCCC.I. The van der Waals surface area contributed by atoms with Crippen molar-refractivity contribution < 1.29 is 4.79 Å². The zero-order valence-corrected chi connectivity index (χ0v) is 16.2. The third-order valence-electron chi connectivity index (χ3n) is 2.75. The van der Waals surface area contributed by atoms with Crippen molar-refractivity contribution >= 4 is 35.8 Å². The van der Waals surface area contributed by atoms with E-state index in [1.54, 1.807) is 19.0 Å². The zero-order chi connectivity index (χ0) is 15.4. The van der Waals surface area contributed by atoms with E-state index in [0.717, 1.165) is 18.5 Å². The van der Waals surface area contributed by atoms with Crippen LogP contribution in [0.1, 0.15) is 39.5 Å². The quantitative estimate of drug-likeness (QED) is 0.202. The number of unbranched alkanes of at least 4 members (excludes halogenated alkanes) is 3. The molecule has 0 saturated carbocycles. The van der Waals surface area contributed by atoms with Gasteiger partial charge in [-0.15, -0.1) is 24.0 Å². The maximum atomic E-state index is 11.5. The number of likely N-dealkylation sites (N-methyl/N-ethyl adjacent to an activating group) is 1. The van der Waals surface area contributed by atoms with Crippen LogP contribution >= 0.6 is 24.0 Å². The molecule has 0 aliphatic heterocycles. The lowest BCUT2D eigenvalue weighted by molar-refractivity contribution is -0.127. The number of hydrogen-bond donors (Lipinski definition) is 2. The van der Waals surface area contributed by atoms with Crippen molar-refractivity contribution in [2.24, 2.45) is 4.99 Å². The minimum Gasteiger partial charge on any atom is -0.356 e. The molecule has 0 rings (SSSR count). The molecule has 0 aliphatic carbocycles.